The molecular formula is C16H28N2O5S. The molecule has 8 heteroatoms. The monoisotopic (exact) mass is 360 g/mol. The fraction of sp³-hybridized carbons (Fsp3) is 0.812. The highest BCUT2D eigenvalue weighted by atomic mass is 32.1. The van der Waals surface area contributed by atoms with E-state index in [4.69, 9.17) is 15.6 Å². The Morgan fingerprint density at radius 1 is 1.42 bits per heavy atom. The second-order valence-electron chi connectivity index (χ2n) is 7.12. The number of nitrogens with zero attached hydrogens (tertiary/aromatic N) is 1. The molecule has 0 spiro atoms. The number of aliphatic carboxylic acids is 1. The quantitative estimate of drug-likeness (QED) is 0.460. The molecule has 0 radical (unpaired) electrons. The van der Waals surface area contributed by atoms with Crippen LogP contribution in [0.25, 0.3) is 0 Å². The number of amides is 1. The predicted octanol–water partition coefficient (Wildman–Crippen LogP) is 0.913. The normalized spacial score (nSPS) is 24.9. The molecule has 1 saturated carbocycles. The minimum absolute atomic E-state index is 0.0809. The predicted molar refractivity (Wildman–Crippen MR) is 92.7 cm³/mol. The van der Waals surface area contributed by atoms with Crippen molar-refractivity contribution < 1.29 is 24.2 Å². The van der Waals surface area contributed by atoms with Crippen LogP contribution < -0.4 is 5.73 Å². The number of esters is 1. The Kier molecular flexibility index (Phi) is 7.10. The van der Waals surface area contributed by atoms with Crippen LogP contribution in [0, 0.1) is 11.3 Å². The molecule has 1 amide bonds. The zero-order chi connectivity index (χ0) is 18.7. The maximum absolute atomic E-state index is 12.9. The highest BCUT2D eigenvalue weighted by Gasteiger charge is 2.49. The van der Waals surface area contributed by atoms with Crippen molar-refractivity contribution in [1.82, 2.24) is 4.90 Å². The van der Waals surface area contributed by atoms with Crippen LogP contribution >= 0.6 is 12.6 Å². The van der Waals surface area contributed by atoms with Crippen molar-refractivity contribution in [3.8, 4) is 0 Å². The molecule has 1 aliphatic carbocycles. The van der Waals surface area contributed by atoms with Crippen LogP contribution in [0.4, 0.5) is 0 Å². The number of carbonyl (C=O) groups excluding carboxylic acids is 2. The van der Waals surface area contributed by atoms with Crippen LogP contribution in [0.5, 0.6) is 0 Å². The van der Waals surface area contributed by atoms with E-state index in [1.165, 1.54) is 12.0 Å². The highest BCUT2D eigenvalue weighted by Crippen LogP contribution is 2.45. The van der Waals surface area contributed by atoms with Crippen LogP contribution in [0.15, 0.2) is 0 Å². The number of hydrogen-bond donors (Lipinski definition) is 3. The molecule has 1 fully saturated rings. The number of methoxy groups -OCH3 is 1. The summed E-state index contributed by atoms with van der Waals surface area (Å²) in [5.41, 5.74) is 5.59. The molecule has 0 aromatic rings. The Morgan fingerprint density at radius 3 is 2.38 bits per heavy atom. The first kappa shape index (κ1) is 20.8. The average Bonchev–Trinajstić information content (AvgIpc) is 2.76. The van der Waals surface area contributed by atoms with Gasteiger partial charge in [0.15, 0.2) is 0 Å². The minimum atomic E-state index is -1.21. The summed E-state index contributed by atoms with van der Waals surface area (Å²) in [4.78, 5) is 37.5. The van der Waals surface area contributed by atoms with Gasteiger partial charge in [0.05, 0.1) is 19.6 Å². The van der Waals surface area contributed by atoms with Crippen molar-refractivity contribution in [3.63, 3.8) is 0 Å². The lowest BCUT2D eigenvalue weighted by atomic mass is 9.83. The fourth-order valence-corrected chi connectivity index (χ4v) is 4.01. The molecule has 0 aromatic carbocycles. The third-order valence-corrected chi connectivity index (χ3v) is 5.18. The van der Waals surface area contributed by atoms with Crippen LogP contribution in [0.2, 0.25) is 0 Å². The molecular weight excluding hydrogens is 332 g/mol. The molecule has 0 heterocycles. The van der Waals surface area contributed by atoms with Crippen molar-refractivity contribution >= 4 is 30.5 Å². The van der Waals surface area contributed by atoms with Gasteiger partial charge in [0.25, 0.3) is 0 Å². The van der Waals surface area contributed by atoms with Crippen molar-refractivity contribution in [2.24, 2.45) is 17.1 Å². The van der Waals surface area contributed by atoms with E-state index < -0.39 is 36.4 Å². The van der Waals surface area contributed by atoms with Crippen molar-refractivity contribution in [1.29, 1.82) is 0 Å². The second kappa shape index (κ2) is 8.20. The van der Waals surface area contributed by atoms with Gasteiger partial charge >= 0.3 is 11.9 Å². The van der Waals surface area contributed by atoms with Gasteiger partial charge in [-0.2, -0.15) is 12.6 Å². The average molecular weight is 360 g/mol. The van der Waals surface area contributed by atoms with Gasteiger partial charge in [0.2, 0.25) is 5.91 Å². The number of nitrogens with two attached hydrogens (primary N) is 1. The number of carbonyl (C=O) groups is 3. The molecule has 3 N–H and O–H groups in total. The summed E-state index contributed by atoms with van der Waals surface area (Å²) in [5, 5.41) is 8.93. The Balaban J connectivity index is 3.27. The lowest BCUT2D eigenvalue weighted by molar-refractivity contribution is -0.157. The summed E-state index contributed by atoms with van der Waals surface area (Å²) in [6.45, 7) is 6.10. The molecule has 24 heavy (non-hydrogen) atoms. The largest absolute Gasteiger partial charge is 0.481 e. The lowest BCUT2D eigenvalue weighted by Gasteiger charge is -2.43. The molecule has 0 bridgehead atoms. The van der Waals surface area contributed by atoms with Gasteiger partial charge < -0.3 is 20.5 Å². The molecule has 4 atom stereocenters. The molecule has 1 rings (SSSR count). The molecule has 0 aliphatic heterocycles. The van der Waals surface area contributed by atoms with Crippen LogP contribution in [0.3, 0.4) is 0 Å². The SMILES string of the molecule is COC(=O)[C@H](CS)N(C(=O)[C@@H](N)CC(=O)O)C1[C@@H](C)CCC1(C)C. The topological polar surface area (TPSA) is 110 Å². The number of carboxylic acids is 1. The number of hydrogen-bond acceptors (Lipinski definition) is 6. The zero-order valence-corrected chi connectivity index (χ0v) is 15.6. The first-order valence-corrected chi connectivity index (χ1v) is 8.68. The minimum Gasteiger partial charge on any atom is -0.481 e. The van der Waals surface area contributed by atoms with Gasteiger partial charge in [-0.15, -0.1) is 0 Å². The molecule has 1 unspecified atom stereocenters. The molecule has 138 valence electrons. The van der Waals surface area contributed by atoms with Gasteiger partial charge in [0, 0.05) is 11.8 Å². The maximum Gasteiger partial charge on any atom is 0.329 e. The number of ether oxygens (including phenoxy) is 1. The maximum atomic E-state index is 12.9. The van der Waals surface area contributed by atoms with Gasteiger partial charge in [-0.25, -0.2) is 4.79 Å². The third kappa shape index (κ3) is 4.42. The van der Waals surface area contributed by atoms with Gasteiger partial charge in [-0.3, -0.25) is 9.59 Å². The van der Waals surface area contributed by atoms with E-state index in [0.29, 0.717) is 0 Å². The molecule has 1 aliphatic rings. The Hall–Kier alpha value is -1.28. The van der Waals surface area contributed by atoms with Crippen molar-refractivity contribution in [2.45, 2.75) is 58.2 Å². The van der Waals surface area contributed by atoms with E-state index in [1.807, 2.05) is 20.8 Å². The Labute approximate surface area is 148 Å². The summed E-state index contributed by atoms with van der Waals surface area (Å²) >= 11 is 4.21. The van der Waals surface area contributed by atoms with E-state index in [2.05, 4.69) is 12.6 Å². The smallest absolute Gasteiger partial charge is 0.329 e. The molecule has 0 aromatic heterocycles. The van der Waals surface area contributed by atoms with E-state index in [1.54, 1.807) is 0 Å². The van der Waals surface area contributed by atoms with E-state index >= 15 is 0 Å². The molecule has 0 saturated heterocycles. The Bertz CT molecular complexity index is 497. The van der Waals surface area contributed by atoms with Crippen LogP contribution in [-0.4, -0.2) is 58.8 Å². The first-order chi connectivity index (χ1) is 11.1. The summed E-state index contributed by atoms with van der Waals surface area (Å²) in [5.74, 6) is -2.04. The van der Waals surface area contributed by atoms with Crippen molar-refractivity contribution in [2.75, 3.05) is 12.9 Å². The summed E-state index contributed by atoms with van der Waals surface area (Å²) in [6, 6.07) is -2.34. The van der Waals surface area contributed by atoms with Gasteiger partial charge in [-0.05, 0) is 24.2 Å². The van der Waals surface area contributed by atoms with E-state index in [-0.39, 0.29) is 23.1 Å². The summed E-state index contributed by atoms with van der Waals surface area (Å²) < 4.78 is 4.82. The third-order valence-electron chi connectivity index (χ3n) is 4.83. The van der Waals surface area contributed by atoms with Gasteiger partial charge in [-0.1, -0.05) is 20.8 Å². The standard InChI is InChI=1S/C16H28N2O5S/c1-9-5-6-16(2,3)13(9)18(11(8-24)15(22)23-4)14(21)10(17)7-12(19)20/h9-11,13,24H,5-8,17H2,1-4H3,(H,19,20)/t9-,10-,11-,13?/m0/s1. The number of rotatable bonds is 7. The second-order valence-corrected chi connectivity index (χ2v) is 7.49. The lowest BCUT2D eigenvalue weighted by Crippen LogP contribution is -2.60. The Morgan fingerprint density at radius 2 is 2.00 bits per heavy atom. The zero-order valence-electron chi connectivity index (χ0n) is 14.7. The highest BCUT2D eigenvalue weighted by molar-refractivity contribution is 7.80. The van der Waals surface area contributed by atoms with E-state index in [9.17, 15) is 14.4 Å². The van der Waals surface area contributed by atoms with Gasteiger partial charge in [0.1, 0.15) is 6.04 Å². The van der Waals surface area contributed by atoms with Crippen molar-refractivity contribution in [3.05, 3.63) is 0 Å². The van der Waals surface area contributed by atoms with E-state index in [0.717, 1.165) is 12.8 Å². The van der Waals surface area contributed by atoms with Crippen LogP contribution in [0.1, 0.15) is 40.0 Å². The summed E-state index contributed by atoms with van der Waals surface area (Å²) in [7, 11) is 1.25. The molecule has 7 nitrogen and oxygen atoms in total. The number of carboxylic acid groups (broad SMARTS) is 1. The fourth-order valence-electron chi connectivity index (χ4n) is 3.69. The summed E-state index contributed by atoms with van der Waals surface area (Å²) in [6.07, 6.45) is 1.32. The van der Waals surface area contributed by atoms with Crippen LogP contribution in [-0.2, 0) is 19.1 Å². The first-order valence-electron chi connectivity index (χ1n) is 8.05. The number of thiol groups is 1.